The molecule has 0 saturated carbocycles. The van der Waals surface area contributed by atoms with E-state index in [1.807, 2.05) is 36.4 Å². The van der Waals surface area contributed by atoms with Crippen molar-refractivity contribution in [3.63, 3.8) is 0 Å². The molecular formula is C25H28N4O3. The fraction of sp³-hybridized carbons (Fsp3) is 0.240. The molecule has 7 heteroatoms. The van der Waals surface area contributed by atoms with Crippen LogP contribution in [0.3, 0.4) is 0 Å². The number of nitrogens with zero attached hydrogens (tertiary/aromatic N) is 2. The number of hydrogen-bond donors (Lipinski definition) is 2. The molecule has 0 aliphatic carbocycles. The largest absolute Gasteiger partial charge is 0.489 e. The highest BCUT2D eigenvalue weighted by Gasteiger charge is 2.15. The molecule has 1 aromatic heterocycles. The van der Waals surface area contributed by atoms with Crippen LogP contribution in [0.4, 0.5) is 5.69 Å². The van der Waals surface area contributed by atoms with Gasteiger partial charge in [-0.3, -0.25) is 9.78 Å². The number of rotatable bonds is 9. The van der Waals surface area contributed by atoms with Gasteiger partial charge in [0.2, 0.25) is 6.10 Å². The lowest BCUT2D eigenvalue weighted by molar-refractivity contribution is -0.126. The van der Waals surface area contributed by atoms with Crippen molar-refractivity contribution in [3.8, 4) is 5.75 Å². The summed E-state index contributed by atoms with van der Waals surface area (Å²) in [5.74, 6) is 0.992. The first kappa shape index (κ1) is 22.8. The van der Waals surface area contributed by atoms with Crippen molar-refractivity contribution in [2.75, 3.05) is 5.32 Å². The number of aromatic nitrogens is 1. The Balaban J connectivity index is 1.50. The Morgan fingerprint density at radius 3 is 2.41 bits per heavy atom. The second-order valence-corrected chi connectivity index (χ2v) is 7.66. The van der Waals surface area contributed by atoms with Crippen molar-refractivity contribution in [1.29, 1.82) is 0 Å². The molecule has 3 aromatic rings. The topological polar surface area (TPSA) is 98.8 Å². The molecule has 1 amide bonds. The van der Waals surface area contributed by atoms with Crippen molar-refractivity contribution in [3.05, 3.63) is 89.7 Å². The molecule has 0 bridgehead atoms. The Morgan fingerprint density at radius 1 is 1.06 bits per heavy atom. The summed E-state index contributed by atoms with van der Waals surface area (Å²) in [5, 5.41) is 6.71. The fourth-order valence-electron chi connectivity index (χ4n) is 2.80. The standard InChI is InChI=1S/C25H28N4O3/c1-17(2)20-6-10-22(11-7-20)28-25(30)18(3)32-29-24(26)21-8-12-23(13-9-21)31-16-19-5-4-14-27-15-19/h4-15,17-18H,16H2,1-3H3,(H2,26,29)(H,28,30). The molecule has 0 saturated heterocycles. The number of pyridine rings is 1. The zero-order valence-electron chi connectivity index (χ0n) is 18.5. The summed E-state index contributed by atoms with van der Waals surface area (Å²) in [6, 6.07) is 18.7. The maximum atomic E-state index is 12.3. The Kier molecular flexibility index (Phi) is 7.80. The number of carbonyl (C=O) groups excluding carboxylic acids is 1. The molecule has 3 N–H and O–H groups in total. The highest BCUT2D eigenvalue weighted by Crippen LogP contribution is 2.18. The number of ether oxygens (including phenoxy) is 1. The van der Waals surface area contributed by atoms with Crippen LogP contribution < -0.4 is 15.8 Å². The minimum absolute atomic E-state index is 0.171. The molecule has 32 heavy (non-hydrogen) atoms. The third kappa shape index (κ3) is 6.57. The summed E-state index contributed by atoms with van der Waals surface area (Å²) in [6.07, 6.45) is 2.67. The number of nitrogens with one attached hydrogen (secondary N) is 1. The molecule has 0 aliphatic heterocycles. The smallest absolute Gasteiger partial charge is 0.267 e. The molecule has 1 unspecified atom stereocenters. The number of oxime groups is 1. The number of hydrogen-bond acceptors (Lipinski definition) is 5. The van der Waals surface area contributed by atoms with Gasteiger partial charge >= 0.3 is 0 Å². The summed E-state index contributed by atoms with van der Waals surface area (Å²) in [4.78, 5) is 21.7. The van der Waals surface area contributed by atoms with E-state index in [2.05, 4.69) is 29.3 Å². The SMILES string of the molecule is CC(O/N=C(\N)c1ccc(OCc2cccnc2)cc1)C(=O)Nc1ccc(C(C)C)cc1. The molecule has 1 atom stereocenters. The zero-order chi connectivity index (χ0) is 22.9. The van der Waals surface area contributed by atoms with Crippen LogP contribution in [0.15, 0.2) is 78.2 Å². The van der Waals surface area contributed by atoms with Crippen LogP contribution in [-0.4, -0.2) is 22.8 Å². The van der Waals surface area contributed by atoms with Crippen LogP contribution >= 0.6 is 0 Å². The highest BCUT2D eigenvalue weighted by molar-refractivity contribution is 5.97. The Morgan fingerprint density at radius 2 is 1.78 bits per heavy atom. The average Bonchev–Trinajstić information content (AvgIpc) is 2.82. The molecule has 7 nitrogen and oxygen atoms in total. The molecule has 1 heterocycles. The number of amidine groups is 1. The summed E-state index contributed by atoms with van der Waals surface area (Å²) in [7, 11) is 0. The molecule has 0 spiro atoms. The van der Waals surface area contributed by atoms with Crippen molar-refractivity contribution >= 4 is 17.4 Å². The number of amides is 1. The van der Waals surface area contributed by atoms with Crippen molar-refractivity contribution in [1.82, 2.24) is 4.98 Å². The first-order chi connectivity index (χ1) is 15.4. The lowest BCUT2D eigenvalue weighted by Gasteiger charge is -2.12. The summed E-state index contributed by atoms with van der Waals surface area (Å²) in [6.45, 7) is 6.28. The van der Waals surface area contributed by atoms with Gasteiger partial charge in [0.1, 0.15) is 12.4 Å². The summed E-state index contributed by atoms with van der Waals surface area (Å²) < 4.78 is 5.73. The third-order valence-electron chi connectivity index (χ3n) is 4.80. The molecular weight excluding hydrogens is 404 g/mol. The van der Waals surface area contributed by atoms with Gasteiger partial charge in [-0.25, -0.2) is 0 Å². The predicted octanol–water partition coefficient (Wildman–Crippen LogP) is 4.45. The van der Waals surface area contributed by atoms with Gasteiger partial charge < -0.3 is 20.6 Å². The highest BCUT2D eigenvalue weighted by atomic mass is 16.6. The van der Waals surface area contributed by atoms with Gasteiger partial charge in [-0.2, -0.15) is 0 Å². The first-order valence-electron chi connectivity index (χ1n) is 10.4. The van der Waals surface area contributed by atoms with Gasteiger partial charge in [-0.05, 0) is 60.9 Å². The van der Waals surface area contributed by atoms with Gasteiger partial charge in [0.05, 0.1) is 0 Å². The lowest BCUT2D eigenvalue weighted by Crippen LogP contribution is -2.27. The van der Waals surface area contributed by atoms with E-state index in [-0.39, 0.29) is 11.7 Å². The van der Waals surface area contributed by atoms with Gasteiger partial charge in [0.25, 0.3) is 5.91 Å². The van der Waals surface area contributed by atoms with Crippen molar-refractivity contribution < 1.29 is 14.4 Å². The van der Waals surface area contributed by atoms with Gasteiger partial charge in [0.15, 0.2) is 5.84 Å². The number of carbonyl (C=O) groups is 1. The second-order valence-electron chi connectivity index (χ2n) is 7.66. The van der Waals surface area contributed by atoms with Crippen LogP contribution in [0.25, 0.3) is 0 Å². The van der Waals surface area contributed by atoms with E-state index in [1.165, 1.54) is 5.56 Å². The van der Waals surface area contributed by atoms with E-state index in [4.69, 9.17) is 15.3 Å². The molecule has 3 rings (SSSR count). The van der Waals surface area contributed by atoms with Gasteiger partial charge in [0, 0.05) is 29.2 Å². The van der Waals surface area contributed by atoms with E-state index in [9.17, 15) is 4.79 Å². The Bertz CT molecular complexity index is 1030. The van der Waals surface area contributed by atoms with E-state index < -0.39 is 6.10 Å². The van der Waals surface area contributed by atoms with E-state index in [0.717, 1.165) is 5.56 Å². The van der Waals surface area contributed by atoms with Crippen LogP contribution in [0.1, 0.15) is 43.4 Å². The Hall–Kier alpha value is -3.87. The fourth-order valence-corrected chi connectivity index (χ4v) is 2.80. The monoisotopic (exact) mass is 432 g/mol. The van der Waals surface area contributed by atoms with Gasteiger partial charge in [-0.15, -0.1) is 0 Å². The normalized spacial score (nSPS) is 12.3. The van der Waals surface area contributed by atoms with Crippen LogP contribution in [-0.2, 0) is 16.2 Å². The number of benzene rings is 2. The number of anilines is 1. The molecule has 0 fully saturated rings. The van der Waals surface area contributed by atoms with Crippen molar-refractivity contribution in [2.45, 2.75) is 39.4 Å². The van der Waals surface area contributed by atoms with Crippen LogP contribution in [0, 0.1) is 0 Å². The van der Waals surface area contributed by atoms with E-state index in [0.29, 0.717) is 29.5 Å². The first-order valence-corrected chi connectivity index (χ1v) is 10.4. The predicted molar refractivity (Wildman–Crippen MR) is 125 cm³/mol. The van der Waals surface area contributed by atoms with Crippen LogP contribution in [0.2, 0.25) is 0 Å². The number of nitrogens with two attached hydrogens (primary N) is 1. The molecule has 2 aromatic carbocycles. The van der Waals surface area contributed by atoms with E-state index in [1.54, 1.807) is 43.6 Å². The average molecular weight is 433 g/mol. The summed E-state index contributed by atoms with van der Waals surface area (Å²) >= 11 is 0. The summed E-state index contributed by atoms with van der Waals surface area (Å²) in [5.41, 5.74) is 9.55. The van der Waals surface area contributed by atoms with Gasteiger partial charge in [-0.1, -0.05) is 37.2 Å². The second kappa shape index (κ2) is 10.9. The molecule has 0 aliphatic rings. The maximum absolute atomic E-state index is 12.3. The van der Waals surface area contributed by atoms with E-state index >= 15 is 0 Å². The quantitative estimate of drug-likeness (QED) is 0.296. The molecule has 0 radical (unpaired) electrons. The van der Waals surface area contributed by atoms with Crippen molar-refractivity contribution in [2.24, 2.45) is 10.9 Å². The minimum Gasteiger partial charge on any atom is -0.489 e. The zero-order valence-corrected chi connectivity index (χ0v) is 18.5. The third-order valence-corrected chi connectivity index (χ3v) is 4.80. The maximum Gasteiger partial charge on any atom is 0.267 e. The molecule has 166 valence electrons. The lowest BCUT2D eigenvalue weighted by atomic mass is 10.0. The minimum atomic E-state index is -0.805. The Labute approximate surface area is 188 Å². The van der Waals surface area contributed by atoms with Crippen LogP contribution in [0.5, 0.6) is 5.75 Å².